The Balaban J connectivity index is 1.51. The number of halogens is 1. The van der Waals surface area contributed by atoms with E-state index in [1.807, 2.05) is 56.8 Å². The average molecular weight is 422 g/mol. The van der Waals surface area contributed by atoms with Crippen LogP contribution < -0.4 is 0 Å². The Morgan fingerprint density at radius 1 is 0.938 bits per heavy atom. The van der Waals surface area contributed by atoms with Gasteiger partial charge in [0.1, 0.15) is 11.5 Å². The standard InChI is InChI=1S/C25H19FN6/c1-14-6-15(8-18(26)7-14)19-4-3-5-22-20(19)10-23(29-22)24-21-9-16(11-27-25(21)31-30-24)17-12-28-32(2)13-17/h3-13,29H,1-2H3,(H,27,30,31). The molecule has 4 heterocycles. The molecule has 6 aromatic rings. The molecule has 0 bridgehead atoms. The van der Waals surface area contributed by atoms with Crippen LogP contribution in [0.4, 0.5) is 4.39 Å². The van der Waals surface area contributed by atoms with Crippen molar-refractivity contribution in [2.24, 2.45) is 7.05 Å². The van der Waals surface area contributed by atoms with Crippen LogP contribution in [-0.4, -0.2) is 29.9 Å². The molecule has 0 amide bonds. The Kier molecular flexibility index (Phi) is 3.98. The molecule has 6 rings (SSSR count). The lowest BCUT2D eigenvalue weighted by Gasteiger charge is -2.05. The molecule has 0 aliphatic carbocycles. The molecule has 0 saturated carbocycles. The minimum absolute atomic E-state index is 0.236. The first kappa shape index (κ1) is 18.5. The van der Waals surface area contributed by atoms with Crippen molar-refractivity contribution < 1.29 is 4.39 Å². The predicted molar refractivity (Wildman–Crippen MR) is 124 cm³/mol. The van der Waals surface area contributed by atoms with Crippen LogP contribution in [0, 0.1) is 12.7 Å². The van der Waals surface area contributed by atoms with Crippen LogP contribution in [0.3, 0.4) is 0 Å². The first-order valence-electron chi connectivity index (χ1n) is 10.3. The molecule has 7 heteroatoms. The van der Waals surface area contributed by atoms with Gasteiger partial charge in [-0.05, 0) is 53.9 Å². The molecular formula is C25H19FN6. The van der Waals surface area contributed by atoms with Crippen LogP contribution in [0.1, 0.15) is 5.56 Å². The highest BCUT2D eigenvalue weighted by molar-refractivity contribution is 6.01. The summed E-state index contributed by atoms with van der Waals surface area (Å²) in [5.74, 6) is -0.236. The van der Waals surface area contributed by atoms with Gasteiger partial charge in [-0.1, -0.05) is 18.2 Å². The van der Waals surface area contributed by atoms with Gasteiger partial charge >= 0.3 is 0 Å². The lowest BCUT2D eigenvalue weighted by molar-refractivity contribution is 0.627. The second-order valence-corrected chi connectivity index (χ2v) is 8.06. The van der Waals surface area contributed by atoms with Crippen LogP contribution in [0.5, 0.6) is 0 Å². The molecular weight excluding hydrogens is 403 g/mol. The third-order valence-electron chi connectivity index (χ3n) is 5.73. The minimum atomic E-state index is -0.236. The summed E-state index contributed by atoms with van der Waals surface area (Å²) in [5.41, 5.74) is 8.02. The number of hydrogen-bond acceptors (Lipinski definition) is 3. The Labute approximate surface area is 182 Å². The quantitative estimate of drug-likeness (QED) is 0.389. The number of rotatable bonds is 3. The molecule has 0 unspecified atom stereocenters. The van der Waals surface area contributed by atoms with Crippen molar-refractivity contribution in [3.05, 3.63) is 78.5 Å². The monoisotopic (exact) mass is 422 g/mol. The summed E-state index contributed by atoms with van der Waals surface area (Å²) in [6, 6.07) is 15.2. The molecule has 0 aliphatic rings. The average Bonchev–Trinajstić information content (AvgIpc) is 3.49. The van der Waals surface area contributed by atoms with Crippen molar-refractivity contribution in [2.45, 2.75) is 6.92 Å². The number of H-pyrrole nitrogens is 2. The number of aromatic nitrogens is 6. The van der Waals surface area contributed by atoms with E-state index in [4.69, 9.17) is 0 Å². The number of benzene rings is 2. The van der Waals surface area contributed by atoms with Crippen LogP contribution in [0.15, 0.2) is 67.1 Å². The fourth-order valence-corrected chi connectivity index (χ4v) is 4.26. The molecule has 0 spiro atoms. The molecule has 156 valence electrons. The zero-order valence-corrected chi connectivity index (χ0v) is 17.5. The molecule has 4 aromatic heterocycles. The topological polar surface area (TPSA) is 75.2 Å². The van der Waals surface area contributed by atoms with Crippen LogP contribution in [-0.2, 0) is 7.05 Å². The predicted octanol–water partition coefficient (Wildman–Crippen LogP) is 5.62. The summed E-state index contributed by atoms with van der Waals surface area (Å²) in [7, 11) is 1.89. The van der Waals surface area contributed by atoms with E-state index in [2.05, 4.69) is 37.4 Å². The van der Waals surface area contributed by atoms with Gasteiger partial charge < -0.3 is 4.98 Å². The van der Waals surface area contributed by atoms with E-state index in [9.17, 15) is 4.39 Å². The van der Waals surface area contributed by atoms with E-state index in [-0.39, 0.29) is 5.82 Å². The molecule has 2 aromatic carbocycles. The summed E-state index contributed by atoms with van der Waals surface area (Å²) in [5, 5.41) is 13.7. The molecule has 0 saturated heterocycles. The van der Waals surface area contributed by atoms with Gasteiger partial charge in [-0.25, -0.2) is 9.37 Å². The van der Waals surface area contributed by atoms with Gasteiger partial charge in [-0.2, -0.15) is 10.2 Å². The molecule has 0 aliphatic heterocycles. The van der Waals surface area contributed by atoms with E-state index in [1.165, 1.54) is 6.07 Å². The fourth-order valence-electron chi connectivity index (χ4n) is 4.26. The lowest BCUT2D eigenvalue weighted by Crippen LogP contribution is -1.84. The number of nitrogens with one attached hydrogen (secondary N) is 2. The van der Waals surface area contributed by atoms with Crippen molar-refractivity contribution >= 4 is 21.9 Å². The van der Waals surface area contributed by atoms with Crippen molar-refractivity contribution in [3.63, 3.8) is 0 Å². The molecule has 32 heavy (non-hydrogen) atoms. The summed E-state index contributed by atoms with van der Waals surface area (Å²) in [6.07, 6.45) is 5.59. The largest absolute Gasteiger partial charge is 0.353 e. The molecule has 2 N–H and O–H groups in total. The van der Waals surface area contributed by atoms with Gasteiger partial charge in [0, 0.05) is 46.9 Å². The zero-order valence-electron chi connectivity index (χ0n) is 17.5. The van der Waals surface area contributed by atoms with Gasteiger partial charge in [0.25, 0.3) is 0 Å². The molecule has 6 nitrogen and oxygen atoms in total. The zero-order chi connectivity index (χ0) is 21.8. The van der Waals surface area contributed by atoms with Crippen LogP contribution >= 0.6 is 0 Å². The Morgan fingerprint density at radius 3 is 2.66 bits per heavy atom. The number of fused-ring (bicyclic) bond motifs is 2. The smallest absolute Gasteiger partial charge is 0.155 e. The highest BCUT2D eigenvalue weighted by Gasteiger charge is 2.15. The first-order valence-corrected chi connectivity index (χ1v) is 10.3. The third-order valence-corrected chi connectivity index (χ3v) is 5.73. The van der Waals surface area contributed by atoms with Gasteiger partial charge in [-0.3, -0.25) is 9.78 Å². The van der Waals surface area contributed by atoms with Gasteiger partial charge in [0.05, 0.1) is 11.9 Å². The van der Waals surface area contributed by atoms with E-state index in [0.29, 0.717) is 5.65 Å². The SMILES string of the molecule is Cc1cc(F)cc(-c2cccc3[nH]c(-c4n[nH]c5ncc(-c6cnn(C)c6)cc45)cc23)c1. The lowest BCUT2D eigenvalue weighted by atomic mass is 9.99. The summed E-state index contributed by atoms with van der Waals surface area (Å²) in [4.78, 5) is 8.01. The second-order valence-electron chi connectivity index (χ2n) is 8.06. The number of nitrogens with zero attached hydrogens (tertiary/aromatic N) is 4. The van der Waals surface area contributed by atoms with E-state index in [0.717, 1.165) is 55.5 Å². The number of aryl methyl sites for hydroxylation is 2. The third kappa shape index (κ3) is 2.98. The van der Waals surface area contributed by atoms with Gasteiger partial charge in [0.2, 0.25) is 0 Å². The maximum atomic E-state index is 14.1. The Morgan fingerprint density at radius 2 is 1.84 bits per heavy atom. The Bertz CT molecular complexity index is 1600. The highest BCUT2D eigenvalue weighted by Crippen LogP contribution is 2.35. The van der Waals surface area contributed by atoms with Crippen LogP contribution in [0.25, 0.3) is 55.6 Å². The number of hydrogen-bond donors (Lipinski definition) is 2. The number of aromatic amines is 2. The first-order chi connectivity index (χ1) is 15.5. The summed E-state index contributed by atoms with van der Waals surface area (Å²) < 4.78 is 15.8. The number of pyridine rings is 1. The maximum absolute atomic E-state index is 14.1. The molecule has 0 fully saturated rings. The second kappa shape index (κ2) is 6.88. The van der Waals surface area contributed by atoms with Gasteiger partial charge in [0.15, 0.2) is 5.65 Å². The molecule has 0 atom stereocenters. The van der Waals surface area contributed by atoms with Crippen LogP contribution in [0.2, 0.25) is 0 Å². The van der Waals surface area contributed by atoms with E-state index < -0.39 is 0 Å². The fraction of sp³-hybridized carbons (Fsp3) is 0.0800. The highest BCUT2D eigenvalue weighted by atomic mass is 19.1. The Hall–Kier alpha value is -4.26. The van der Waals surface area contributed by atoms with Crippen molar-refractivity contribution in [2.75, 3.05) is 0 Å². The van der Waals surface area contributed by atoms with E-state index >= 15 is 0 Å². The van der Waals surface area contributed by atoms with E-state index in [1.54, 1.807) is 10.7 Å². The molecule has 0 radical (unpaired) electrons. The maximum Gasteiger partial charge on any atom is 0.155 e. The van der Waals surface area contributed by atoms with Crippen molar-refractivity contribution in [1.82, 2.24) is 29.9 Å². The summed E-state index contributed by atoms with van der Waals surface area (Å²) in [6.45, 7) is 1.90. The van der Waals surface area contributed by atoms with Gasteiger partial charge in [-0.15, -0.1) is 0 Å². The minimum Gasteiger partial charge on any atom is -0.353 e. The summed E-state index contributed by atoms with van der Waals surface area (Å²) >= 11 is 0. The normalized spacial score (nSPS) is 11.6. The van der Waals surface area contributed by atoms with Crippen molar-refractivity contribution in [3.8, 4) is 33.6 Å². The van der Waals surface area contributed by atoms with Crippen molar-refractivity contribution in [1.29, 1.82) is 0 Å².